The smallest absolute Gasteiger partial charge is 0.375 e. The maximum Gasteiger partial charge on any atom is 0.436 e. The summed E-state index contributed by atoms with van der Waals surface area (Å²) in [4.78, 5) is 7.92. The normalized spacial score (nSPS) is 23.4. The molecule has 0 unspecified atom stereocenters. The summed E-state index contributed by atoms with van der Waals surface area (Å²) in [7, 11) is 0. The summed E-state index contributed by atoms with van der Waals surface area (Å²) < 4.78 is 58.1. The van der Waals surface area contributed by atoms with Gasteiger partial charge in [0.2, 0.25) is 0 Å². The molecule has 1 aliphatic heterocycles. The standard InChI is InChI=1S/C23H27F4N3O/c24-18-13-17(15-30-20(18)23(25,26)27)14-28-11-8-21(19-5-1-4-10-29-19)9-12-31-22(16-21)6-2-3-7-22/h1,4-5,10,13,15,28H,2-3,6-9,11-12,14,16H2/t21-/m1/s1. The monoisotopic (exact) mass is 437 g/mol. The molecule has 4 rings (SSSR count). The first-order valence-corrected chi connectivity index (χ1v) is 10.8. The maximum absolute atomic E-state index is 13.8. The molecule has 31 heavy (non-hydrogen) atoms. The second-order valence-electron chi connectivity index (χ2n) is 8.76. The fourth-order valence-corrected chi connectivity index (χ4v) is 5.14. The number of hydrogen-bond acceptors (Lipinski definition) is 4. The largest absolute Gasteiger partial charge is 0.436 e. The van der Waals surface area contributed by atoms with Crippen LogP contribution in [0, 0.1) is 5.82 Å². The number of aromatic nitrogens is 2. The summed E-state index contributed by atoms with van der Waals surface area (Å²) in [5, 5.41) is 3.25. The summed E-state index contributed by atoms with van der Waals surface area (Å²) in [5.41, 5.74) is -0.212. The predicted molar refractivity (Wildman–Crippen MR) is 108 cm³/mol. The van der Waals surface area contributed by atoms with Gasteiger partial charge in [-0.05, 0) is 62.4 Å². The van der Waals surface area contributed by atoms with E-state index in [-0.39, 0.29) is 17.6 Å². The Morgan fingerprint density at radius 3 is 2.58 bits per heavy atom. The number of pyridine rings is 2. The summed E-state index contributed by atoms with van der Waals surface area (Å²) in [5.74, 6) is -1.34. The minimum atomic E-state index is -4.79. The zero-order valence-corrected chi connectivity index (χ0v) is 17.3. The number of alkyl halides is 3. The van der Waals surface area contributed by atoms with Gasteiger partial charge in [-0.25, -0.2) is 9.37 Å². The Bertz CT molecular complexity index is 884. The van der Waals surface area contributed by atoms with E-state index in [1.807, 2.05) is 18.3 Å². The van der Waals surface area contributed by atoms with E-state index in [4.69, 9.17) is 4.74 Å². The van der Waals surface area contributed by atoms with Crippen LogP contribution in [-0.2, 0) is 22.9 Å². The number of nitrogens with one attached hydrogen (secondary N) is 1. The van der Waals surface area contributed by atoms with Crippen LogP contribution in [0.2, 0.25) is 0 Å². The van der Waals surface area contributed by atoms with Gasteiger partial charge >= 0.3 is 6.18 Å². The van der Waals surface area contributed by atoms with Crippen molar-refractivity contribution in [2.24, 2.45) is 0 Å². The molecule has 8 heteroatoms. The van der Waals surface area contributed by atoms with Crippen molar-refractivity contribution in [1.82, 2.24) is 15.3 Å². The third kappa shape index (κ3) is 4.90. The topological polar surface area (TPSA) is 47.0 Å². The summed E-state index contributed by atoms with van der Waals surface area (Å²) in [6.45, 7) is 1.59. The molecule has 0 amide bonds. The third-order valence-corrected chi connectivity index (χ3v) is 6.65. The maximum atomic E-state index is 13.8. The average Bonchev–Trinajstić information content (AvgIpc) is 3.18. The highest BCUT2D eigenvalue weighted by molar-refractivity contribution is 5.21. The highest BCUT2D eigenvalue weighted by Gasteiger charge is 2.48. The van der Waals surface area contributed by atoms with E-state index in [1.165, 1.54) is 12.8 Å². The van der Waals surface area contributed by atoms with Crippen LogP contribution in [0.1, 0.15) is 61.9 Å². The van der Waals surface area contributed by atoms with Gasteiger partial charge in [0.25, 0.3) is 0 Å². The minimum absolute atomic E-state index is 0.0732. The molecule has 2 fully saturated rings. The zero-order chi connectivity index (χ0) is 22.0. The van der Waals surface area contributed by atoms with E-state index in [2.05, 4.69) is 21.4 Å². The molecule has 0 bridgehead atoms. The molecule has 1 saturated carbocycles. The van der Waals surface area contributed by atoms with Gasteiger partial charge in [-0.1, -0.05) is 18.9 Å². The Hall–Kier alpha value is -2.06. The van der Waals surface area contributed by atoms with Gasteiger partial charge in [0, 0.05) is 36.7 Å². The molecule has 1 spiro atoms. The van der Waals surface area contributed by atoms with Gasteiger partial charge in [-0.15, -0.1) is 0 Å². The van der Waals surface area contributed by atoms with Gasteiger partial charge in [0.1, 0.15) is 0 Å². The van der Waals surface area contributed by atoms with Crippen molar-refractivity contribution in [3.8, 4) is 0 Å². The fraction of sp³-hybridized carbons (Fsp3) is 0.565. The van der Waals surface area contributed by atoms with E-state index < -0.39 is 17.7 Å². The second-order valence-corrected chi connectivity index (χ2v) is 8.76. The summed E-state index contributed by atoms with van der Waals surface area (Å²) >= 11 is 0. The molecule has 2 aromatic rings. The minimum Gasteiger partial charge on any atom is -0.375 e. The lowest BCUT2D eigenvalue weighted by Crippen LogP contribution is -2.47. The van der Waals surface area contributed by atoms with Crippen LogP contribution in [0.15, 0.2) is 36.7 Å². The zero-order valence-electron chi connectivity index (χ0n) is 17.3. The Kier molecular flexibility index (Phi) is 6.30. The van der Waals surface area contributed by atoms with Crippen LogP contribution in [0.4, 0.5) is 17.6 Å². The van der Waals surface area contributed by atoms with Crippen LogP contribution < -0.4 is 5.32 Å². The van der Waals surface area contributed by atoms with Gasteiger partial charge < -0.3 is 10.1 Å². The number of nitrogens with zero attached hydrogens (tertiary/aromatic N) is 2. The molecule has 3 heterocycles. The lowest BCUT2D eigenvalue weighted by molar-refractivity contribution is -0.143. The first kappa shape index (κ1) is 22.1. The molecule has 1 saturated heterocycles. The van der Waals surface area contributed by atoms with E-state index in [0.29, 0.717) is 18.7 Å². The molecule has 2 aromatic heterocycles. The number of ether oxygens (including phenoxy) is 1. The molecule has 1 N–H and O–H groups in total. The van der Waals surface area contributed by atoms with E-state index in [9.17, 15) is 17.6 Å². The number of hydrogen-bond donors (Lipinski definition) is 1. The molecule has 2 aliphatic rings. The van der Waals surface area contributed by atoms with Gasteiger partial charge in [0.15, 0.2) is 11.5 Å². The number of rotatable bonds is 6. The molecule has 168 valence electrons. The fourth-order valence-electron chi connectivity index (χ4n) is 5.14. The van der Waals surface area contributed by atoms with Crippen LogP contribution in [-0.4, -0.2) is 28.7 Å². The third-order valence-electron chi connectivity index (χ3n) is 6.65. The average molecular weight is 437 g/mol. The molecule has 0 radical (unpaired) electrons. The second kappa shape index (κ2) is 8.82. The SMILES string of the molecule is Fc1cc(CNCC[C@@]2(c3ccccn3)CCOC3(CCCC3)C2)cnc1C(F)(F)F. The predicted octanol–water partition coefficient (Wildman–Crippen LogP) is 5.18. The van der Waals surface area contributed by atoms with Crippen molar-refractivity contribution in [1.29, 1.82) is 0 Å². The molecule has 1 atom stereocenters. The van der Waals surface area contributed by atoms with Crippen molar-refractivity contribution in [3.63, 3.8) is 0 Å². The highest BCUT2D eigenvalue weighted by atomic mass is 19.4. The Balaban J connectivity index is 1.42. The Morgan fingerprint density at radius 2 is 1.90 bits per heavy atom. The first-order chi connectivity index (χ1) is 14.8. The highest BCUT2D eigenvalue weighted by Crippen LogP contribution is 2.49. The van der Waals surface area contributed by atoms with Crippen molar-refractivity contribution in [2.45, 2.75) is 68.7 Å². The van der Waals surface area contributed by atoms with Gasteiger partial charge in [-0.3, -0.25) is 4.98 Å². The van der Waals surface area contributed by atoms with Crippen molar-refractivity contribution >= 4 is 0 Å². The van der Waals surface area contributed by atoms with E-state index in [1.54, 1.807) is 0 Å². The molecule has 4 nitrogen and oxygen atoms in total. The van der Waals surface area contributed by atoms with Crippen LogP contribution >= 0.6 is 0 Å². The Labute approximate surface area is 179 Å². The first-order valence-electron chi connectivity index (χ1n) is 10.8. The van der Waals surface area contributed by atoms with E-state index in [0.717, 1.165) is 50.1 Å². The molecular formula is C23H27F4N3O. The van der Waals surface area contributed by atoms with Crippen LogP contribution in [0.25, 0.3) is 0 Å². The van der Waals surface area contributed by atoms with Gasteiger partial charge in [0.05, 0.1) is 5.60 Å². The Morgan fingerprint density at radius 1 is 1.10 bits per heavy atom. The van der Waals surface area contributed by atoms with Crippen LogP contribution in [0.3, 0.4) is 0 Å². The molecular weight excluding hydrogens is 410 g/mol. The number of halogens is 4. The van der Waals surface area contributed by atoms with Gasteiger partial charge in [-0.2, -0.15) is 13.2 Å². The van der Waals surface area contributed by atoms with Crippen molar-refractivity contribution in [2.75, 3.05) is 13.2 Å². The summed E-state index contributed by atoms with van der Waals surface area (Å²) in [6, 6.07) is 6.89. The molecule has 1 aliphatic carbocycles. The van der Waals surface area contributed by atoms with Crippen molar-refractivity contribution in [3.05, 3.63) is 59.4 Å². The lowest BCUT2D eigenvalue weighted by Gasteiger charge is -2.46. The molecule has 0 aromatic carbocycles. The van der Waals surface area contributed by atoms with E-state index >= 15 is 0 Å². The quantitative estimate of drug-likeness (QED) is 0.500. The summed E-state index contributed by atoms with van der Waals surface area (Å²) in [6.07, 6.45) is 5.26. The van der Waals surface area contributed by atoms with Crippen molar-refractivity contribution < 1.29 is 22.3 Å². The van der Waals surface area contributed by atoms with Crippen LogP contribution in [0.5, 0.6) is 0 Å². The lowest BCUT2D eigenvalue weighted by atomic mass is 9.68.